The second-order valence-electron chi connectivity index (χ2n) is 7.27. The molecule has 0 N–H and O–H groups in total. The van der Waals surface area contributed by atoms with Gasteiger partial charge in [-0.1, -0.05) is 23.7 Å². The van der Waals surface area contributed by atoms with Crippen molar-refractivity contribution in [3.05, 3.63) is 52.1 Å². The van der Waals surface area contributed by atoms with Gasteiger partial charge in [0, 0.05) is 25.3 Å². The highest BCUT2D eigenvalue weighted by molar-refractivity contribution is 6.33. The Hall–Kier alpha value is -1.88. The van der Waals surface area contributed by atoms with Crippen molar-refractivity contribution < 1.29 is 9.18 Å². The zero-order valence-electron chi connectivity index (χ0n) is 14.4. The molecule has 3 heterocycles. The van der Waals surface area contributed by atoms with Gasteiger partial charge in [0.05, 0.1) is 5.02 Å². The van der Waals surface area contributed by atoms with Crippen molar-refractivity contribution in [2.75, 3.05) is 0 Å². The standard InChI is InChI=1S/C19H21ClFN3O/c1-11-7-12(3-6-17(11)21)13-8-14-4-5-15(9-13)24(14)19(25)18-16(20)10-23(2)22-18/h3,6-7,10,13-15H,4-5,8-9H2,1-2H3/t13?,14-,15+. The first-order valence-electron chi connectivity index (χ1n) is 8.72. The number of carbonyl (C=O) groups excluding carboxylic acids is 1. The summed E-state index contributed by atoms with van der Waals surface area (Å²) in [6.45, 7) is 1.80. The Morgan fingerprint density at radius 1 is 1.28 bits per heavy atom. The van der Waals surface area contributed by atoms with E-state index in [1.54, 1.807) is 30.9 Å². The summed E-state index contributed by atoms with van der Waals surface area (Å²) < 4.78 is 15.1. The van der Waals surface area contributed by atoms with Crippen LogP contribution in [0.4, 0.5) is 4.39 Å². The predicted molar refractivity (Wildman–Crippen MR) is 94.3 cm³/mol. The van der Waals surface area contributed by atoms with Crippen molar-refractivity contribution in [3.63, 3.8) is 0 Å². The molecule has 2 aromatic rings. The van der Waals surface area contributed by atoms with Crippen LogP contribution in [0.5, 0.6) is 0 Å². The second kappa shape index (κ2) is 6.13. The van der Waals surface area contributed by atoms with Crippen LogP contribution in [0.25, 0.3) is 0 Å². The fourth-order valence-corrected chi connectivity index (χ4v) is 4.69. The van der Waals surface area contributed by atoms with Gasteiger partial charge in [-0.2, -0.15) is 5.10 Å². The zero-order valence-corrected chi connectivity index (χ0v) is 15.1. The first-order chi connectivity index (χ1) is 11.9. The summed E-state index contributed by atoms with van der Waals surface area (Å²) in [4.78, 5) is 14.9. The van der Waals surface area contributed by atoms with E-state index in [2.05, 4.69) is 5.10 Å². The van der Waals surface area contributed by atoms with Gasteiger partial charge in [0.2, 0.25) is 0 Å². The molecule has 1 amide bonds. The van der Waals surface area contributed by atoms with Gasteiger partial charge < -0.3 is 4.90 Å². The summed E-state index contributed by atoms with van der Waals surface area (Å²) in [7, 11) is 1.76. The Morgan fingerprint density at radius 3 is 2.52 bits per heavy atom. The first-order valence-corrected chi connectivity index (χ1v) is 9.09. The van der Waals surface area contributed by atoms with Crippen LogP contribution in [-0.4, -0.2) is 32.7 Å². The quantitative estimate of drug-likeness (QED) is 0.808. The van der Waals surface area contributed by atoms with Crippen LogP contribution in [0, 0.1) is 12.7 Å². The molecule has 6 heteroatoms. The average Bonchev–Trinajstić information content (AvgIpc) is 3.04. The van der Waals surface area contributed by atoms with Crippen LogP contribution < -0.4 is 0 Å². The fourth-order valence-electron chi connectivity index (χ4n) is 4.43. The Bertz CT molecular complexity index is 820. The average molecular weight is 362 g/mol. The number of amides is 1. The van der Waals surface area contributed by atoms with E-state index in [0.29, 0.717) is 22.2 Å². The number of piperidine rings is 1. The van der Waals surface area contributed by atoms with E-state index in [0.717, 1.165) is 25.7 Å². The number of halogens is 2. The minimum absolute atomic E-state index is 0.0631. The van der Waals surface area contributed by atoms with E-state index >= 15 is 0 Å². The van der Waals surface area contributed by atoms with Crippen LogP contribution >= 0.6 is 11.6 Å². The van der Waals surface area contributed by atoms with Crippen molar-refractivity contribution in [1.29, 1.82) is 0 Å². The smallest absolute Gasteiger partial charge is 0.276 e. The summed E-state index contributed by atoms with van der Waals surface area (Å²) in [5.41, 5.74) is 2.21. The van der Waals surface area contributed by atoms with E-state index in [1.165, 1.54) is 5.56 Å². The zero-order chi connectivity index (χ0) is 17.7. The molecule has 132 valence electrons. The van der Waals surface area contributed by atoms with E-state index in [1.807, 2.05) is 17.0 Å². The van der Waals surface area contributed by atoms with Gasteiger partial charge in [-0.3, -0.25) is 9.48 Å². The third kappa shape index (κ3) is 2.84. The van der Waals surface area contributed by atoms with Crippen molar-refractivity contribution >= 4 is 17.5 Å². The number of hydrogen-bond donors (Lipinski definition) is 0. The molecule has 0 spiro atoms. The molecular weight excluding hydrogens is 341 g/mol. The van der Waals surface area contributed by atoms with Crippen LogP contribution in [0.3, 0.4) is 0 Å². The van der Waals surface area contributed by atoms with Gasteiger partial charge in [0.15, 0.2) is 5.69 Å². The molecule has 1 aromatic carbocycles. The summed E-state index contributed by atoms with van der Waals surface area (Å²) in [6.07, 6.45) is 5.51. The van der Waals surface area contributed by atoms with E-state index in [9.17, 15) is 9.18 Å². The van der Waals surface area contributed by atoms with E-state index in [-0.39, 0.29) is 23.8 Å². The van der Waals surface area contributed by atoms with Crippen LogP contribution in [0.15, 0.2) is 24.4 Å². The number of rotatable bonds is 2. The van der Waals surface area contributed by atoms with Crippen molar-refractivity contribution in [2.45, 2.75) is 50.6 Å². The molecule has 0 saturated carbocycles. The molecular formula is C19H21ClFN3O. The number of aromatic nitrogens is 2. The van der Waals surface area contributed by atoms with Gasteiger partial charge in [-0.15, -0.1) is 0 Å². The maximum Gasteiger partial charge on any atom is 0.276 e. The molecule has 4 rings (SSSR count). The molecule has 25 heavy (non-hydrogen) atoms. The summed E-state index contributed by atoms with van der Waals surface area (Å²) >= 11 is 6.17. The Morgan fingerprint density at radius 2 is 1.96 bits per heavy atom. The summed E-state index contributed by atoms with van der Waals surface area (Å²) in [5, 5.41) is 4.64. The van der Waals surface area contributed by atoms with Gasteiger partial charge in [0.25, 0.3) is 5.91 Å². The van der Waals surface area contributed by atoms with Crippen LogP contribution in [0.2, 0.25) is 5.02 Å². The highest BCUT2D eigenvalue weighted by Crippen LogP contribution is 2.44. The summed E-state index contributed by atoms with van der Waals surface area (Å²) in [6, 6.07) is 5.81. The predicted octanol–water partition coefficient (Wildman–Crippen LogP) is 4.07. The molecule has 1 unspecified atom stereocenters. The Balaban J connectivity index is 1.57. The number of carbonyl (C=O) groups is 1. The summed E-state index contributed by atoms with van der Waals surface area (Å²) in [5.74, 6) is 0.149. The first kappa shape index (κ1) is 16.6. The molecule has 3 atom stereocenters. The molecule has 0 aliphatic carbocycles. The van der Waals surface area contributed by atoms with Crippen molar-refractivity contribution in [3.8, 4) is 0 Å². The molecule has 0 radical (unpaired) electrons. The second-order valence-corrected chi connectivity index (χ2v) is 7.68. The molecule has 2 bridgehead atoms. The highest BCUT2D eigenvalue weighted by Gasteiger charge is 2.44. The minimum atomic E-state index is -0.163. The fraction of sp³-hybridized carbons (Fsp3) is 0.474. The van der Waals surface area contributed by atoms with Crippen LogP contribution in [0.1, 0.15) is 53.2 Å². The lowest BCUT2D eigenvalue weighted by Gasteiger charge is -2.39. The van der Waals surface area contributed by atoms with Gasteiger partial charge in [-0.25, -0.2) is 4.39 Å². The third-order valence-electron chi connectivity index (χ3n) is 5.61. The maximum absolute atomic E-state index is 13.6. The van der Waals surface area contributed by atoms with Crippen molar-refractivity contribution in [1.82, 2.24) is 14.7 Å². The topological polar surface area (TPSA) is 38.1 Å². The van der Waals surface area contributed by atoms with Gasteiger partial charge in [-0.05, 0) is 55.7 Å². The molecule has 4 nitrogen and oxygen atoms in total. The van der Waals surface area contributed by atoms with E-state index < -0.39 is 0 Å². The largest absolute Gasteiger partial charge is 0.331 e. The van der Waals surface area contributed by atoms with Crippen molar-refractivity contribution in [2.24, 2.45) is 7.05 Å². The molecule has 2 aliphatic rings. The van der Waals surface area contributed by atoms with Crippen LogP contribution in [-0.2, 0) is 7.05 Å². The lowest BCUT2D eigenvalue weighted by molar-refractivity contribution is 0.0564. The monoisotopic (exact) mass is 361 g/mol. The Kier molecular flexibility index (Phi) is 4.07. The maximum atomic E-state index is 13.6. The minimum Gasteiger partial charge on any atom is -0.331 e. The van der Waals surface area contributed by atoms with Gasteiger partial charge >= 0.3 is 0 Å². The number of fused-ring (bicyclic) bond motifs is 2. The van der Waals surface area contributed by atoms with Gasteiger partial charge in [0.1, 0.15) is 5.82 Å². The Labute approximate surface area is 151 Å². The normalized spacial score (nSPS) is 25.4. The lowest BCUT2D eigenvalue weighted by Crippen LogP contribution is -2.46. The molecule has 2 fully saturated rings. The molecule has 1 aromatic heterocycles. The van der Waals surface area contributed by atoms with E-state index in [4.69, 9.17) is 11.6 Å². The SMILES string of the molecule is Cc1cc(C2C[C@H]3CC[C@@H](C2)N3C(=O)c2nn(C)cc2Cl)ccc1F. The highest BCUT2D eigenvalue weighted by atomic mass is 35.5. The third-order valence-corrected chi connectivity index (χ3v) is 5.88. The molecule has 2 saturated heterocycles. The number of hydrogen-bond acceptors (Lipinski definition) is 2. The number of benzene rings is 1. The number of aryl methyl sites for hydroxylation is 2. The lowest BCUT2D eigenvalue weighted by atomic mass is 9.84. The number of nitrogens with zero attached hydrogens (tertiary/aromatic N) is 3. The molecule has 2 aliphatic heterocycles.